The van der Waals surface area contributed by atoms with Crippen molar-refractivity contribution in [1.82, 2.24) is 19.6 Å². The Labute approximate surface area is 162 Å². The Hall–Kier alpha value is -1.85. The number of aromatic nitrogens is 2. The van der Waals surface area contributed by atoms with E-state index < -0.39 is 0 Å². The Kier molecular flexibility index (Phi) is 5.24. The van der Waals surface area contributed by atoms with Crippen molar-refractivity contribution in [2.75, 3.05) is 26.7 Å². The molecule has 0 radical (unpaired) electrons. The number of hydrogen-bond acceptors (Lipinski definition) is 4. The monoisotopic (exact) mass is 368 g/mol. The molecule has 1 aromatic carbocycles. The lowest BCUT2D eigenvalue weighted by Crippen LogP contribution is -2.54. The van der Waals surface area contributed by atoms with Gasteiger partial charge in [-0.2, -0.15) is 5.10 Å². The van der Waals surface area contributed by atoms with Crippen molar-refractivity contribution >= 4 is 0 Å². The SMILES string of the molecule is COc1ccc(CN2C[C@H]3CCCN3C[C@H]2C)cc1Cn1nc(C)cc1C. The lowest BCUT2D eigenvalue weighted by atomic mass is 10.0. The normalized spacial score (nSPS) is 23.6. The van der Waals surface area contributed by atoms with Crippen LogP contribution in [0.15, 0.2) is 24.3 Å². The van der Waals surface area contributed by atoms with Crippen LogP contribution in [0, 0.1) is 13.8 Å². The molecule has 2 aromatic rings. The number of nitrogens with zero attached hydrogens (tertiary/aromatic N) is 4. The Morgan fingerprint density at radius 2 is 2.00 bits per heavy atom. The smallest absolute Gasteiger partial charge is 0.123 e. The van der Waals surface area contributed by atoms with Gasteiger partial charge in [-0.1, -0.05) is 6.07 Å². The molecule has 0 unspecified atom stereocenters. The van der Waals surface area contributed by atoms with E-state index in [4.69, 9.17) is 4.74 Å². The Morgan fingerprint density at radius 1 is 1.15 bits per heavy atom. The van der Waals surface area contributed by atoms with Gasteiger partial charge in [0.2, 0.25) is 0 Å². The van der Waals surface area contributed by atoms with Crippen molar-refractivity contribution in [3.63, 3.8) is 0 Å². The maximum absolute atomic E-state index is 5.63. The number of fused-ring (bicyclic) bond motifs is 1. The van der Waals surface area contributed by atoms with Crippen molar-refractivity contribution < 1.29 is 4.74 Å². The maximum atomic E-state index is 5.63. The molecule has 1 aromatic heterocycles. The van der Waals surface area contributed by atoms with Crippen LogP contribution in [-0.2, 0) is 13.1 Å². The van der Waals surface area contributed by atoms with Gasteiger partial charge in [0.1, 0.15) is 5.75 Å². The number of hydrogen-bond donors (Lipinski definition) is 0. The largest absolute Gasteiger partial charge is 0.496 e. The van der Waals surface area contributed by atoms with E-state index in [9.17, 15) is 0 Å². The fraction of sp³-hybridized carbons (Fsp3) is 0.591. The van der Waals surface area contributed by atoms with E-state index in [1.54, 1.807) is 7.11 Å². The predicted octanol–water partition coefficient (Wildman–Crippen LogP) is 3.23. The van der Waals surface area contributed by atoms with Crippen molar-refractivity contribution in [1.29, 1.82) is 0 Å². The van der Waals surface area contributed by atoms with Crippen molar-refractivity contribution in [2.24, 2.45) is 0 Å². The summed E-state index contributed by atoms with van der Waals surface area (Å²) in [5.74, 6) is 0.944. The summed E-state index contributed by atoms with van der Waals surface area (Å²) >= 11 is 0. The topological polar surface area (TPSA) is 33.5 Å². The van der Waals surface area contributed by atoms with E-state index in [1.807, 2.05) is 6.92 Å². The van der Waals surface area contributed by atoms with E-state index >= 15 is 0 Å². The van der Waals surface area contributed by atoms with Gasteiger partial charge in [-0.05, 0) is 63.9 Å². The Balaban J connectivity index is 1.52. The number of methoxy groups -OCH3 is 1. The maximum Gasteiger partial charge on any atom is 0.123 e. The molecule has 0 aliphatic carbocycles. The molecule has 2 saturated heterocycles. The summed E-state index contributed by atoms with van der Waals surface area (Å²) in [5.41, 5.74) is 4.82. The van der Waals surface area contributed by atoms with Crippen LogP contribution in [0.2, 0.25) is 0 Å². The molecule has 0 bridgehead atoms. The van der Waals surface area contributed by atoms with Gasteiger partial charge >= 0.3 is 0 Å². The van der Waals surface area contributed by atoms with E-state index in [1.165, 1.54) is 49.3 Å². The van der Waals surface area contributed by atoms with Gasteiger partial charge < -0.3 is 4.74 Å². The van der Waals surface area contributed by atoms with Crippen molar-refractivity contribution in [3.8, 4) is 5.75 Å². The first-order valence-electron chi connectivity index (χ1n) is 10.2. The third-order valence-corrected chi connectivity index (χ3v) is 6.22. The molecule has 5 heteroatoms. The lowest BCUT2D eigenvalue weighted by Gasteiger charge is -2.42. The first-order chi connectivity index (χ1) is 13.0. The zero-order valence-corrected chi connectivity index (χ0v) is 17.1. The fourth-order valence-corrected chi connectivity index (χ4v) is 4.75. The molecule has 0 spiro atoms. The van der Waals surface area contributed by atoms with Gasteiger partial charge in [0, 0.05) is 43.0 Å². The number of rotatable bonds is 5. The summed E-state index contributed by atoms with van der Waals surface area (Å²) in [7, 11) is 1.75. The molecule has 3 heterocycles. The third-order valence-electron chi connectivity index (χ3n) is 6.22. The van der Waals surface area contributed by atoms with Gasteiger partial charge in [-0.25, -0.2) is 0 Å². The summed E-state index contributed by atoms with van der Waals surface area (Å²) in [6.45, 7) is 12.0. The highest BCUT2D eigenvalue weighted by Crippen LogP contribution is 2.27. The molecule has 2 fully saturated rings. The lowest BCUT2D eigenvalue weighted by molar-refractivity contribution is 0.0540. The minimum absolute atomic E-state index is 0.612. The average Bonchev–Trinajstić information content (AvgIpc) is 3.21. The minimum atomic E-state index is 0.612. The Bertz CT molecular complexity index is 800. The first kappa shape index (κ1) is 18.5. The number of benzene rings is 1. The van der Waals surface area contributed by atoms with E-state index in [0.717, 1.165) is 30.6 Å². The summed E-state index contributed by atoms with van der Waals surface area (Å²) in [6, 6.07) is 10.1. The second-order valence-electron chi connectivity index (χ2n) is 8.30. The van der Waals surface area contributed by atoms with E-state index in [2.05, 4.69) is 57.7 Å². The van der Waals surface area contributed by atoms with E-state index in [-0.39, 0.29) is 0 Å². The molecule has 0 saturated carbocycles. The molecule has 0 amide bonds. The Morgan fingerprint density at radius 3 is 2.74 bits per heavy atom. The van der Waals surface area contributed by atoms with Crippen LogP contribution in [-0.4, -0.2) is 58.4 Å². The molecule has 2 atom stereocenters. The quantitative estimate of drug-likeness (QED) is 0.811. The standard InChI is InChI=1S/C22H32N4O/c1-16-10-17(2)26(23-16)14-20-11-19(7-8-22(20)27-4)13-25-15-21-6-5-9-24(21)12-18(25)3/h7-8,10-11,18,21H,5-6,9,12-15H2,1-4H3/t18-,21-/m1/s1. The summed E-state index contributed by atoms with van der Waals surface area (Å²) in [6.07, 6.45) is 2.72. The zero-order chi connectivity index (χ0) is 19.0. The zero-order valence-electron chi connectivity index (χ0n) is 17.1. The van der Waals surface area contributed by atoms with Crippen LogP contribution >= 0.6 is 0 Å². The number of aryl methyl sites for hydroxylation is 2. The predicted molar refractivity (Wildman–Crippen MR) is 108 cm³/mol. The van der Waals surface area contributed by atoms with Crippen molar-refractivity contribution in [3.05, 3.63) is 46.8 Å². The van der Waals surface area contributed by atoms with Crippen LogP contribution in [0.5, 0.6) is 5.75 Å². The van der Waals surface area contributed by atoms with Gasteiger partial charge in [0.25, 0.3) is 0 Å². The van der Waals surface area contributed by atoms with Crippen molar-refractivity contribution in [2.45, 2.75) is 58.8 Å². The molecular formula is C22H32N4O. The number of ether oxygens (including phenoxy) is 1. The first-order valence-corrected chi connectivity index (χ1v) is 10.2. The molecule has 0 N–H and O–H groups in total. The second kappa shape index (κ2) is 7.64. The highest BCUT2D eigenvalue weighted by Gasteiger charge is 2.34. The van der Waals surface area contributed by atoms with Gasteiger partial charge in [0.15, 0.2) is 0 Å². The summed E-state index contributed by atoms with van der Waals surface area (Å²) in [4.78, 5) is 5.34. The summed E-state index contributed by atoms with van der Waals surface area (Å²) < 4.78 is 7.69. The molecular weight excluding hydrogens is 336 g/mol. The molecule has 4 rings (SSSR count). The number of piperazine rings is 1. The van der Waals surface area contributed by atoms with E-state index in [0.29, 0.717) is 6.04 Å². The molecule has 2 aliphatic heterocycles. The van der Waals surface area contributed by atoms with Gasteiger partial charge in [0.05, 0.1) is 19.3 Å². The highest BCUT2D eigenvalue weighted by atomic mass is 16.5. The van der Waals surface area contributed by atoms with Gasteiger partial charge in [-0.15, -0.1) is 0 Å². The fourth-order valence-electron chi connectivity index (χ4n) is 4.75. The second-order valence-corrected chi connectivity index (χ2v) is 8.30. The molecule has 27 heavy (non-hydrogen) atoms. The molecule has 146 valence electrons. The van der Waals surface area contributed by atoms with Crippen LogP contribution in [0.1, 0.15) is 42.3 Å². The van der Waals surface area contributed by atoms with Crippen LogP contribution in [0.4, 0.5) is 0 Å². The van der Waals surface area contributed by atoms with Crippen LogP contribution in [0.25, 0.3) is 0 Å². The molecule has 2 aliphatic rings. The van der Waals surface area contributed by atoms with Crippen LogP contribution in [0.3, 0.4) is 0 Å². The summed E-state index contributed by atoms with van der Waals surface area (Å²) in [5, 5.41) is 4.62. The third kappa shape index (κ3) is 3.90. The minimum Gasteiger partial charge on any atom is -0.496 e. The molecule has 5 nitrogen and oxygen atoms in total. The van der Waals surface area contributed by atoms with Gasteiger partial charge in [-0.3, -0.25) is 14.5 Å². The highest BCUT2D eigenvalue weighted by molar-refractivity contribution is 5.37. The van der Waals surface area contributed by atoms with Crippen LogP contribution < -0.4 is 4.74 Å². The average molecular weight is 369 g/mol.